The number of furan rings is 1. The molecule has 0 fully saturated rings. The van der Waals surface area contributed by atoms with Crippen LogP contribution in [0, 0.1) is 0 Å². The second kappa shape index (κ2) is 5.38. The Morgan fingerprint density at radius 1 is 1.42 bits per heavy atom. The van der Waals surface area contributed by atoms with Gasteiger partial charge in [-0.25, -0.2) is 9.97 Å². The molecule has 0 spiro atoms. The Kier molecular flexibility index (Phi) is 3.43. The van der Waals surface area contributed by atoms with Gasteiger partial charge in [0.15, 0.2) is 0 Å². The van der Waals surface area contributed by atoms with Gasteiger partial charge >= 0.3 is 0 Å². The first-order valence-electron chi connectivity index (χ1n) is 5.97. The molecule has 6 heteroatoms. The molecule has 0 aliphatic carbocycles. The van der Waals surface area contributed by atoms with Crippen LogP contribution >= 0.6 is 11.3 Å². The maximum absolute atomic E-state index is 5.51. The van der Waals surface area contributed by atoms with Gasteiger partial charge < -0.3 is 8.98 Å². The zero-order chi connectivity index (χ0) is 13.1. The zero-order valence-electron chi connectivity index (χ0n) is 10.5. The van der Waals surface area contributed by atoms with E-state index in [-0.39, 0.29) is 6.04 Å². The number of aryl methyl sites for hydroxylation is 1. The Bertz CT molecular complexity index is 615. The van der Waals surface area contributed by atoms with Crippen molar-refractivity contribution in [3.8, 4) is 0 Å². The third kappa shape index (κ3) is 2.59. The van der Waals surface area contributed by atoms with Crippen molar-refractivity contribution in [2.24, 2.45) is 7.05 Å². The molecule has 98 valence electrons. The van der Waals surface area contributed by atoms with Crippen LogP contribution in [0.5, 0.6) is 0 Å². The summed E-state index contributed by atoms with van der Waals surface area (Å²) in [5.41, 5.74) is 0. The SMILES string of the molecule is Cn1ccnc1C(NCc1nccs1)c1ccco1. The fourth-order valence-corrected chi connectivity index (χ4v) is 2.53. The highest BCUT2D eigenvalue weighted by molar-refractivity contribution is 7.09. The number of thiazole rings is 1. The van der Waals surface area contributed by atoms with Crippen LogP contribution in [-0.4, -0.2) is 14.5 Å². The van der Waals surface area contributed by atoms with E-state index in [1.165, 1.54) is 0 Å². The average Bonchev–Trinajstić information content (AvgIpc) is 3.13. The van der Waals surface area contributed by atoms with Gasteiger partial charge in [-0.2, -0.15) is 0 Å². The molecule has 0 saturated carbocycles. The van der Waals surface area contributed by atoms with Gasteiger partial charge in [0.25, 0.3) is 0 Å². The van der Waals surface area contributed by atoms with Gasteiger partial charge in [0.2, 0.25) is 0 Å². The van der Waals surface area contributed by atoms with Crippen molar-refractivity contribution in [3.63, 3.8) is 0 Å². The molecule has 3 aromatic heterocycles. The molecule has 0 radical (unpaired) electrons. The van der Waals surface area contributed by atoms with Crippen LogP contribution in [0.25, 0.3) is 0 Å². The Labute approximate surface area is 114 Å². The van der Waals surface area contributed by atoms with E-state index in [9.17, 15) is 0 Å². The first kappa shape index (κ1) is 12.1. The predicted octanol–water partition coefficient (Wildman–Crippen LogP) is 2.35. The summed E-state index contributed by atoms with van der Waals surface area (Å²) in [7, 11) is 1.98. The van der Waals surface area contributed by atoms with Crippen molar-refractivity contribution < 1.29 is 4.42 Å². The number of hydrogen-bond donors (Lipinski definition) is 1. The maximum atomic E-state index is 5.51. The highest BCUT2D eigenvalue weighted by Gasteiger charge is 2.20. The maximum Gasteiger partial charge on any atom is 0.133 e. The fourth-order valence-electron chi connectivity index (χ4n) is 1.96. The van der Waals surface area contributed by atoms with Crippen LogP contribution in [0.1, 0.15) is 22.6 Å². The Morgan fingerprint density at radius 2 is 2.37 bits per heavy atom. The van der Waals surface area contributed by atoms with Gasteiger partial charge in [-0.1, -0.05) is 0 Å². The van der Waals surface area contributed by atoms with Crippen LogP contribution in [0.3, 0.4) is 0 Å². The third-order valence-electron chi connectivity index (χ3n) is 2.89. The number of nitrogens with zero attached hydrogens (tertiary/aromatic N) is 3. The quantitative estimate of drug-likeness (QED) is 0.776. The van der Waals surface area contributed by atoms with E-state index in [2.05, 4.69) is 15.3 Å². The minimum absolute atomic E-state index is 0.0705. The molecule has 0 aliphatic heterocycles. The minimum atomic E-state index is -0.0705. The van der Waals surface area contributed by atoms with E-state index in [1.54, 1.807) is 23.8 Å². The summed E-state index contributed by atoms with van der Waals surface area (Å²) in [5, 5.41) is 6.46. The second-order valence-electron chi connectivity index (χ2n) is 4.15. The molecular formula is C13H14N4OS. The van der Waals surface area contributed by atoms with Crippen LogP contribution in [0.4, 0.5) is 0 Å². The van der Waals surface area contributed by atoms with Crippen LogP contribution in [0.2, 0.25) is 0 Å². The number of hydrogen-bond acceptors (Lipinski definition) is 5. The van der Waals surface area contributed by atoms with E-state index >= 15 is 0 Å². The smallest absolute Gasteiger partial charge is 0.133 e. The number of aromatic nitrogens is 3. The normalized spacial score (nSPS) is 12.7. The van der Waals surface area contributed by atoms with Gasteiger partial charge in [-0.15, -0.1) is 11.3 Å². The first-order chi connectivity index (χ1) is 9.34. The molecule has 3 aromatic rings. The Morgan fingerprint density at radius 3 is 3.00 bits per heavy atom. The Balaban J connectivity index is 1.83. The summed E-state index contributed by atoms with van der Waals surface area (Å²) < 4.78 is 7.50. The molecule has 3 heterocycles. The molecule has 0 bridgehead atoms. The molecular weight excluding hydrogens is 260 g/mol. The summed E-state index contributed by atoms with van der Waals surface area (Å²) in [4.78, 5) is 8.67. The lowest BCUT2D eigenvalue weighted by Gasteiger charge is -2.15. The standard InChI is InChI=1S/C13H14N4OS/c1-17-6-4-15-13(17)12(10-3-2-7-18-10)16-9-11-14-5-8-19-11/h2-8,12,16H,9H2,1H3. The van der Waals surface area contributed by atoms with Crippen LogP contribution in [0.15, 0.2) is 46.8 Å². The summed E-state index contributed by atoms with van der Waals surface area (Å²) in [6.07, 6.45) is 7.20. The zero-order valence-corrected chi connectivity index (χ0v) is 11.3. The molecule has 1 atom stereocenters. The number of imidazole rings is 1. The minimum Gasteiger partial charge on any atom is -0.467 e. The summed E-state index contributed by atoms with van der Waals surface area (Å²) in [5.74, 6) is 1.78. The lowest BCUT2D eigenvalue weighted by Crippen LogP contribution is -2.24. The molecule has 5 nitrogen and oxygen atoms in total. The highest BCUT2D eigenvalue weighted by atomic mass is 32.1. The van der Waals surface area contributed by atoms with E-state index in [0.29, 0.717) is 6.54 Å². The van der Waals surface area contributed by atoms with Crippen molar-refractivity contribution in [2.75, 3.05) is 0 Å². The van der Waals surface area contributed by atoms with Crippen molar-refractivity contribution in [3.05, 3.63) is 59.0 Å². The van der Waals surface area contributed by atoms with Crippen molar-refractivity contribution in [1.29, 1.82) is 0 Å². The average molecular weight is 274 g/mol. The van der Waals surface area contributed by atoms with Crippen LogP contribution in [-0.2, 0) is 13.6 Å². The molecule has 0 saturated heterocycles. The Hall–Kier alpha value is -1.92. The highest BCUT2D eigenvalue weighted by Crippen LogP contribution is 2.21. The first-order valence-corrected chi connectivity index (χ1v) is 6.85. The van der Waals surface area contributed by atoms with E-state index in [1.807, 2.05) is 41.5 Å². The summed E-state index contributed by atoms with van der Waals surface area (Å²) in [6.45, 7) is 0.690. The molecule has 0 aromatic carbocycles. The van der Waals surface area contributed by atoms with E-state index in [0.717, 1.165) is 16.6 Å². The van der Waals surface area contributed by atoms with Crippen molar-refractivity contribution in [2.45, 2.75) is 12.6 Å². The van der Waals surface area contributed by atoms with Crippen molar-refractivity contribution >= 4 is 11.3 Å². The molecule has 3 rings (SSSR count). The summed E-state index contributed by atoms with van der Waals surface area (Å²) in [6, 6.07) is 3.77. The molecule has 1 N–H and O–H groups in total. The van der Waals surface area contributed by atoms with E-state index < -0.39 is 0 Å². The fraction of sp³-hybridized carbons (Fsp3) is 0.231. The van der Waals surface area contributed by atoms with Gasteiger partial charge in [-0.05, 0) is 12.1 Å². The lowest BCUT2D eigenvalue weighted by molar-refractivity contribution is 0.429. The second-order valence-corrected chi connectivity index (χ2v) is 5.13. The summed E-state index contributed by atoms with van der Waals surface area (Å²) >= 11 is 1.63. The van der Waals surface area contributed by atoms with Crippen molar-refractivity contribution in [1.82, 2.24) is 19.9 Å². The molecule has 1 unspecified atom stereocenters. The van der Waals surface area contributed by atoms with Gasteiger partial charge in [0, 0.05) is 37.6 Å². The topological polar surface area (TPSA) is 55.9 Å². The molecule has 19 heavy (non-hydrogen) atoms. The molecule has 0 aliphatic rings. The lowest BCUT2D eigenvalue weighted by atomic mass is 10.2. The van der Waals surface area contributed by atoms with Gasteiger partial charge in [-0.3, -0.25) is 5.32 Å². The van der Waals surface area contributed by atoms with Gasteiger partial charge in [0.05, 0.1) is 6.26 Å². The monoisotopic (exact) mass is 274 g/mol. The largest absolute Gasteiger partial charge is 0.467 e. The number of nitrogens with one attached hydrogen (secondary N) is 1. The number of rotatable bonds is 5. The van der Waals surface area contributed by atoms with Gasteiger partial charge in [0.1, 0.15) is 22.6 Å². The van der Waals surface area contributed by atoms with E-state index in [4.69, 9.17) is 4.42 Å². The predicted molar refractivity (Wildman–Crippen MR) is 72.7 cm³/mol. The van der Waals surface area contributed by atoms with Crippen LogP contribution < -0.4 is 5.32 Å². The molecule has 0 amide bonds. The third-order valence-corrected chi connectivity index (χ3v) is 3.66.